The summed E-state index contributed by atoms with van der Waals surface area (Å²) < 4.78 is 28.5. The predicted molar refractivity (Wildman–Crippen MR) is 106 cm³/mol. The number of aliphatic imine (C=N–C) groups is 1. The van der Waals surface area contributed by atoms with E-state index in [0.29, 0.717) is 12.5 Å². The van der Waals surface area contributed by atoms with Crippen LogP contribution in [0.4, 0.5) is 0 Å². The number of hydrogen-bond acceptors (Lipinski definition) is 5. The van der Waals surface area contributed by atoms with Crippen molar-refractivity contribution >= 4 is 15.8 Å². The third-order valence-corrected chi connectivity index (χ3v) is 8.11. The number of nitrogens with zero attached hydrogens (tertiary/aromatic N) is 2. The first-order valence-corrected chi connectivity index (χ1v) is 11.6. The van der Waals surface area contributed by atoms with Gasteiger partial charge in [-0.1, -0.05) is 19.3 Å². The van der Waals surface area contributed by atoms with E-state index >= 15 is 0 Å². The second-order valence-corrected chi connectivity index (χ2v) is 10.8. The van der Waals surface area contributed by atoms with Crippen molar-refractivity contribution in [2.24, 2.45) is 4.99 Å². The number of morpholine rings is 1. The molecular formula is C18H36N4O3S. The standard InChI is InChI=1S/C18H36N4O3S/c1-17(2,26(4,23)24)14-20-16(19-3)21-15-18(8-6-5-7-9-18)22-10-12-25-13-11-22/h5-15H2,1-4H3,(H2,19,20,21). The molecule has 2 fully saturated rings. The van der Waals surface area contributed by atoms with Crippen LogP contribution in [-0.4, -0.2) is 82.3 Å². The number of nitrogens with one attached hydrogen (secondary N) is 2. The molecule has 0 atom stereocenters. The number of ether oxygens (including phenoxy) is 1. The highest BCUT2D eigenvalue weighted by molar-refractivity contribution is 7.92. The topological polar surface area (TPSA) is 83.0 Å². The summed E-state index contributed by atoms with van der Waals surface area (Å²) >= 11 is 0. The molecule has 1 saturated carbocycles. The van der Waals surface area contributed by atoms with E-state index < -0.39 is 14.6 Å². The Hall–Kier alpha value is -0.860. The molecule has 0 aromatic rings. The summed E-state index contributed by atoms with van der Waals surface area (Å²) in [4.78, 5) is 6.87. The zero-order chi connectivity index (χ0) is 19.3. The fraction of sp³-hybridized carbons (Fsp3) is 0.944. The minimum absolute atomic E-state index is 0.145. The highest BCUT2D eigenvalue weighted by Crippen LogP contribution is 2.33. The first-order valence-electron chi connectivity index (χ1n) is 9.67. The van der Waals surface area contributed by atoms with Gasteiger partial charge in [-0.3, -0.25) is 9.89 Å². The van der Waals surface area contributed by atoms with Crippen molar-refractivity contribution in [2.45, 2.75) is 56.2 Å². The molecule has 7 nitrogen and oxygen atoms in total. The highest BCUT2D eigenvalue weighted by atomic mass is 32.2. The summed E-state index contributed by atoms with van der Waals surface area (Å²) in [6.45, 7) is 8.19. The van der Waals surface area contributed by atoms with Crippen molar-refractivity contribution in [3.05, 3.63) is 0 Å². The maximum absolute atomic E-state index is 11.9. The zero-order valence-corrected chi connectivity index (χ0v) is 17.6. The maximum Gasteiger partial charge on any atom is 0.191 e. The minimum atomic E-state index is -3.14. The summed E-state index contributed by atoms with van der Waals surface area (Å²) in [5.74, 6) is 0.667. The van der Waals surface area contributed by atoms with Crippen molar-refractivity contribution in [2.75, 3.05) is 52.7 Å². The Morgan fingerprint density at radius 3 is 2.31 bits per heavy atom. The number of guanidine groups is 1. The Balaban J connectivity index is 1.97. The lowest BCUT2D eigenvalue weighted by Gasteiger charge is -2.48. The van der Waals surface area contributed by atoms with E-state index in [0.717, 1.165) is 32.8 Å². The first kappa shape index (κ1) is 21.4. The highest BCUT2D eigenvalue weighted by Gasteiger charge is 2.38. The Kier molecular flexibility index (Phi) is 7.33. The van der Waals surface area contributed by atoms with Crippen LogP contribution in [0.3, 0.4) is 0 Å². The van der Waals surface area contributed by atoms with Crippen LogP contribution in [0, 0.1) is 0 Å². The molecule has 8 heteroatoms. The summed E-state index contributed by atoms with van der Waals surface area (Å²) in [5, 5.41) is 6.66. The van der Waals surface area contributed by atoms with Crippen LogP contribution in [0.2, 0.25) is 0 Å². The van der Waals surface area contributed by atoms with E-state index in [-0.39, 0.29) is 5.54 Å². The Bertz CT molecular complexity index is 577. The van der Waals surface area contributed by atoms with Crippen LogP contribution in [0.1, 0.15) is 46.0 Å². The molecule has 2 N–H and O–H groups in total. The third kappa shape index (κ3) is 5.33. The molecule has 1 heterocycles. The van der Waals surface area contributed by atoms with Crippen LogP contribution >= 0.6 is 0 Å². The maximum atomic E-state index is 11.9. The van der Waals surface area contributed by atoms with Crippen molar-refractivity contribution in [3.63, 3.8) is 0 Å². The van der Waals surface area contributed by atoms with Gasteiger partial charge in [0, 0.05) is 45.0 Å². The van der Waals surface area contributed by atoms with Gasteiger partial charge in [0.2, 0.25) is 0 Å². The van der Waals surface area contributed by atoms with Crippen molar-refractivity contribution in [1.82, 2.24) is 15.5 Å². The summed E-state index contributed by atoms with van der Waals surface area (Å²) in [6, 6.07) is 0. The summed E-state index contributed by atoms with van der Waals surface area (Å²) in [5.41, 5.74) is 0.145. The van der Waals surface area contributed by atoms with Crippen LogP contribution in [-0.2, 0) is 14.6 Å². The molecule has 1 aliphatic heterocycles. The zero-order valence-electron chi connectivity index (χ0n) is 16.8. The Labute approximate surface area is 158 Å². The number of sulfone groups is 1. The lowest BCUT2D eigenvalue weighted by molar-refractivity contribution is -0.0352. The second-order valence-electron chi connectivity index (χ2n) is 8.20. The Morgan fingerprint density at radius 2 is 1.77 bits per heavy atom. The van der Waals surface area contributed by atoms with Gasteiger partial charge in [-0.2, -0.15) is 0 Å². The molecule has 26 heavy (non-hydrogen) atoms. The predicted octanol–water partition coefficient (Wildman–Crippen LogP) is 1.01. The molecule has 0 unspecified atom stereocenters. The van der Waals surface area contributed by atoms with Gasteiger partial charge >= 0.3 is 0 Å². The van der Waals surface area contributed by atoms with Crippen LogP contribution < -0.4 is 10.6 Å². The van der Waals surface area contributed by atoms with E-state index in [1.807, 2.05) is 0 Å². The van der Waals surface area contributed by atoms with E-state index in [1.165, 1.54) is 38.4 Å². The molecule has 152 valence electrons. The monoisotopic (exact) mass is 388 g/mol. The second kappa shape index (κ2) is 8.89. The van der Waals surface area contributed by atoms with E-state index in [9.17, 15) is 8.42 Å². The van der Waals surface area contributed by atoms with Gasteiger partial charge in [0.15, 0.2) is 15.8 Å². The van der Waals surface area contributed by atoms with Gasteiger partial charge in [-0.15, -0.1) is 0 Å². The van der Waals surface area contributed by atoms with E-state index in [1.54, 1.807) is 20.9 Å². The molecule has 1 aliphatic carbocycles. The molecule has 2 rings (SSSR count). The molecule has 0 aromatic heterocycles. The molecule has 0 radical (unpaired) electrons. The van der Waals surface area contributed by atoms with Gasteiger partial charge < -0.3 is 15.4 Å². The van der Waals surface area contributed by atoms with E-state index in [4.69, 9.17) is 4.74 Å². The SMILES string of the molecule is CN=C(NCC1(N2CCOCC2)CCCCC1)NCC(C)(C)S(C)(=O)=O. The molecule has 0 bridgehead atoms. The lowest BCUT2D eigenvalue weighted by atomic mass is 9.80. The van der Waals surface area contributed by atoms with Crippen molar-refractivity contribution < 1.29 is 13.2 Å². The fourth-order valence-corrected chi connectivity index (χ4v) is 4.08. The summed E-state index contributed by atoms with van der Waals surface area (Å²) in [7, 11) is -1.41. The van der Waals surface area contributed by atoms with Crippen molar-refractivity contribution in [3.8, 4) is 0 Å². The molecule has 0 aromatic carbocycles. The quantitative estimate of drug-likeness (QED) is 0.522. The first-order chi connectivity index (χ1) is 12.2. The van der Waals surface area contributed by atoms with Gasteiger partial charge in [0.1, 0.15) is 0 Å². The minimum Gasteiger partial charge on any atom is -0.379 e. The van der Waals surface area contributed by atoms with Gasteiger partial charge in [-0.25, -0.2) is 8.42 Å². The van der Waals surface area contributed by atoms with Gasteiger partial charge in [0.05, 0.1) is 18.0 Å². The van der Waals surface area contributed by atoms with Crippen molar-refractivity contribution in [1.29, 1.82) is 0 Å². The Morgan fingerprint density at radius 1 is 1.15 bits per heavy atom. The summed E-state index contributed by atoms with van der Waals surface area (Å²) in [6.07, 6.45) is 7.47. The lowest BCUT2D eigenvalue weighted by Crippen LogP contribution is -2.61. The molecule has 1 saturated heterocycles. The van der Waals surface area contributed by atoms with Crippen LogP contribution in [0.25, 0.3) is 0 Å². The van der Waals surface area contributed by atoms with Crippen LogP contribution in [0.15, 0.2) is 4.99 Å². The fourth-order valence-electron chi connectivity index (χ4n) is 3.75. The third-order valence-electron chi connectivity index (χ3n) is 5.96. The number of rotatable bonds is 6. The largest absolute Gasteiger partial charge is 0.379 e. The number of hydrogen-bond donors (Lipinski definition) is 2. The van der Waals surface area contributed by atoms with Crippen LogP contribution in [0.5, 0.6) is 0 Å². The molecule has 0 spiro atoms. The molecule has 0 amide bonds. The molecule has 2 aliphatic rings. The smallest absolute Gasteiger partial charge is 0.191 e. The average molecular weight is 389 g/mol. The van der Waals surface area contributed by atoms with E-state index in [2.05, 4.69) is 20.5 Å². The molecular weight excluding hydrogens is 352 g/mol. The average Bonchev–Trinajstić information content (AvgIpc) is 2.62. The van der Waals surface area contributed by atoms with Gasteiger partial charge in [0.25, 0.3) is 0 Å². The van der Waals surface area contributed by atoms with Gasteiger partial charge in [-0.05, 0) is 26.7 Å². The normalized spacial score (nSPS) is 22.8.